The van der Waals surface area contributed by atoms with E-state index in [0.717, 1.165) is 10.9 Å². The third kappa shape index (κ3) is 1.97. The average molecular weight is 202 g/mol. The van der Waals surface area contributed by atoms with Crippen LogP contribution >= 0.6 is 0 Å². The highest BCUT2D eigenvalue weighted by Gasteiger charge is 2.12. The lowest BCUT2D eigenvalue weighted by Crippen LogP contribution is -2.17. The van der Waals surface area contributed by atoms with Crippen LogP contribution in [-0.2, 0) is 6.54 Å². The molecule has 76 valence electrons. The number of aliphatic hydroxyl groups is 1. The number of hydrogen-bond acceptors (Lipinski definition) is 2. The zero-order valence-electron chi connectivity index (χ0n) is 8.24. The van der Waals surface area contributed by atoms with Gasteiger partial charge >= 0.3 is 6.54 Å². The van der Waals surface area contributed by atoms with Gasteiger partial charge in [-0.3, -0.25) is 0 Å². The molecule has 0 aliphatic rings. The van der Waals surface area contributed by atoms with Gasteiger partial charge in [-0.05, 0) is 17.5 Å². The Balaban J connectivity index is 2.25. The molecule has 0 saturated carbocycles. The Morgan fingerprint density at radius 2 is 2.13 bits per heavy atom. The third-order valence-corrected chi connectivity index (χ3v) is 2.38. The molecule has 2 rings (SSSR count). The Bertz CT molecular complexity index is 498. The van der Waals surface area contributed by atoms with Crippen LogP contribution < -0.4 is 0 Å². The van der Waals surface area contributed by atoms with E-state index in [9.17, 15) is 5.11 Å². The van der Waals surface area contributed by atoms with E-state index in [0.29, 0.717) is 6.54 Å². The maximum atomic E-state index is 9.51. The van der Waals surface area contributed by atoms with E-state index in [4.69, 9.17) is 5.39 Å². The van der Waals surface area contributed by atoms with Crippen molar-refractivity contribution in [1.82, 2.24) is 4.57 Å². The zero-order chi connectivity index (χ0) is 10.7. The number of nitrogens with zero attached hydrogens (tertiary/aromatic N) is 3. The predicted octanol–water partition coefficient (Wildman–Crippen LogP) is 1.86. The second-order valence-corrected chi connectivity index (χ2v) is 3.50. The summed E-state index contributed by atoms with van der Waals surface area (Å²) >= 11 is 0. The summed E-state index contributed by atoms with van der Waals surface area (Å²) in [5.41, 5.74) is 1.08. The van der Waals surface area contributed by atoms with Crippen molar-refractivity contribution in [2.75, 3.05) is 6.54 Å². The molecule has 0 aliphatic heterocycles. The van der Waals surface area contributed by atoms with Crippen LogP contribution in [0.25, 0.3) is 15.9 Å². The summed E-state index contributed by atoms with van der Waals surface area (Å²) in [6, 6.07) is 9.96. The second kappa shape index (κ2) is 4.11. The van der Waals surface area contributed by atoms with Crippen LogP contribution in [0.1, 0.15) is 0 Å². The number of aromatic nitrogens is 1. The first-order chi connectivity index (χ1) is 7.31. The lowest BCUT2D eigenvalue weighted by atomic mass is 10.2. The first-order valence-electron chi connectivity index (χ1n) is 4.84. The van der Waals surface area contributed by atoms with Crippen LogP contribution in [0.4, 0.5) is 0 Å². The van der Waals surface area contributed by atoms with E-state index < -0.39 is 6.10 Å². The van der Waals surface area contributed by atoms with Crippen molar-refractivity contribution in [2.24, 2.45) is 0 Å². The molecule has 4 nitrogen and oxygen atoms in total. The first kappa shape index (κ1) is 9.69. The molecule has 1 atom stereocenters. The number of hydrogen-bond donors (Lipinski definition) is 1. The van der Waals surface area contributed by atoms with E-state index in [1.54, 1.807) is 0 Å². The molecule has 4 heteroatoms. The predicted molar refractivity (Wildman–Crippen MR) is 57.9 cm³/mol. The number of para-hydroxylation sites is 1. The fourth-order valence-corrected chi connectivity index (χ4v) is 1.68. The summed E-state index contributed by atoms with van der Waals surface area (Å²) in [7, 11) is 0. The van der Waals surface area contributed by atoms with Crippen molar-refractivity contribution in [3.63, 3.8) is 0 Å². The van der Waals surface area contributed by atoms with Gasteiger partial charge in [0, 0.05) is 11.7 Å². The van der Waals surface area contributed by atoms with Gasteiger partial charge in [0.05, 0.1) is 6.54 Å². The van der Waals surface area contributed by atoms with Crippen molar-refractivity contribution in [2.45, 2.75) is 12.6 Å². The minimum absolute atomic E-state index is 0.0481. The molecule has 1 aromatic carbocycles. The fraction of sp³-hybridized carbons (Fsp3) is 0.273. The maximum absolute atomic E-state index is 9.51. The lowest BCUT2D eigenvalue weighted by Gasteiger charge is -2.05. The summed E-state index contributed by atoms with van der Waals surface area (Å²) in [4.78, 5) is 2.93. The Morgan fingerprint density at radius 1 is 1.33 bits per heavy atom. The van der Waals surface area contributed by atoms with Crippen molar-refractivity contribution in [3.8, 4) is 0 Å². The highest BCUT2D eigenvalue weighted by molar-refractivity contribution is 5.79. The Morgan fingerprint density at radius 3 is 2.93 bits per heavy atom. The minimum atomic E-state index is -0.647. The smallest absolute Gasteiger partial charge is 0.332 e. The van der Waals surface area contributed by atoms with Gasteiger partial charge in [0.25, 0.3) is 0 Å². The summed E-state index contributed by atoms with van der Waals surface area (Å²) in [5, 5.41) is 19.0. The van der Waals surface area contributed by atoms with Crippen LogP contribution in [-0.4, -0.2) is 22.3 Å². The molecule has 0 spiro atoms. The van der Waals surface area contributed by atoms with Gasteiger partial charge in [0.1, 0.15) is 4.98 Å². The number of rotatable bonds is 3. The Hall–Kier alpha value is -1.86. The lowest BCUT2D eigenvalue weighted by molar-refractivity contribution is 0.171. The van der Waals surface area contributed by atoms with Gasteiger partial charge in [-0.15, -0.1) is 0 Å². The van der Waals surface area contributed by atoms with Gasteiger partial charge in [0.2, 0.25) is 5.39 Å². The monoisotopic (exact) mass is 202 g/mol. The number of aliphatic hydroxyl groups excluding tert-OH is 1. The molecule has 0 amide bonds. The van der Waals surface area contributed by atoms with Crippen LogP contribution in [0.15, 0.2) is 36.5 Å². The molecule has 1 unspecified atom stereocenters. The standard InChI is InChI=1S/C11H12N3O/c12-13-7-10(15)8-14-6-5-9-3-1-2-4-11(9)14/h1-6,10,15H,7-8H2/q+1. The van der Waals surface area contributed by atoms with Gasteiger partial charge < -0.3 is 9.67 Å². The molecule has 1 heterocycles. The summed E-state index contributed by atoms with van der Waals surface area (Å²) in [6.07, 6.45) is 1.27. The van der Waals surface area contributed by atoms with E-state index in [1.807, 2.05) is 41.1 Å². The summed E-state index contributed by atoms with van der Waals surface area (Å²) in [5.74, 6) is 0. The van der Waals surface area contributed by atoms with Crippen molar-refractivity contribution in [1.29, 1.82) is 5.39 Å². The molecular formula is C11H12N3O+. The average Bonchev–Trinajstić information content (AvgIpc) is 2.62. The zero-order valence-corrected chi connectivity index (χ0v) is 8.24. The van der Waals surface area contributed by atoms with Crippen LogP contribution in [0.5, 0.6) is 0 Å². The van der Waals surface area contributed by atoms with Crippen molar-refractivity contribution >= 4 is 10.9 Å². The third-order valence-electron chi connectivity index (χ3n) is 2.38. The molecule has 0 fully saturated rings. The molecule has 0 radical (unpaired) electrons. The van der Waals surface area contributed by atoms with Gasteiger partial charge in [-0.25, -0.2) is 0 Å². The van der Waals surface area contributed by atoms with Gasteiger partial charge in [0.15, 0.2) is 6.10 Å². The molecule has 0 aliphatic carbocycles. The highest BCUT2D eigenvalue weighted by atomic mass is 16.3. The molecule has 1 aromatic heterocycles. The van der Waals surface area contributed by atoms with E-state index >= 15 is 0 Å². The normalized spacial score (nSPS) is 12.5. The fourth-order valence-electron chi connectivity index (χ4n) is 1.68. The summed E-state index contributed by atoms with van der Waals surface area (Å²) < 4.78 is 1.95. The number of benzene rings is 1. The molecule has 2 aromatic rings. The van der Waals surface area contributed by atoms with Crippen LogP contribution in [0, 0.1) is 5.39 Å². The van der Waals surface area contributed by atoms with E-state index in [1.165, 1.54) is 0 Å². The largest absolute Gasteiger partial charge is 0.383 e. The summed E-state index contributed by atoms with van der Waals surface area (Å²) in [6.45, 7) is 0.490. The second-order valence-electron chi connectivity index (χ2n) is 3.50. The highest BCUT2D eigenvalue weighted by Crippen LogP contribution is 2.15. The molecule has 0 saturated heterocycles. The van der Waals surface area contributed by atoms with Gasteiger partial charge in [-0.1, -0.05) is 18.2 Å². The molecule has 15 heavy (non-hydrogen) atoms. The van der Waals surface area contributed by atoms with Crippen LogP contribution in [0.2, 0.25) is 0 Å². The quantitative estimate of drug-likeness (QED) is 0.772. The maximum Gasteiger partial charge on any atom is 0.332 e. The van der Waals surface area contributed by atoms with E-state index in [-0.39, 0.29) is 6.54 Å². The SMILES string of the molecule is N#[N+]CC(O)Cn1ccc2ccccc21. The molecule has 1 N–H and O–H groups in total. The van der Waals surface area contributed by atoms with E-state index in [2.05, 4.69) is 4.98 Å². The number of diazo groups is 1. The topological polar surface area (TPSA) is 53.3 Å². The first-order valence-corrected chi connectivity index (χ1v) is 4.84. The van der Waals surface area contributed by atoms with Crippen molar-refractivity contribution in [3.05, 3.63) is 41.5 Å². The Labute approximate surface area is 87.4 Å². The van der Waals surface area contributed by atoms with Gasteiger partial charge in [-0.2, -0.15) is 0 Å². The number of fused-ring (bicyclic) bond motifs is 1. The Kier molecular flexibility index (Phi) is 2.66. The van der Waals surface area contributed by atoms with Crippen LogP contribution in [0.3, 0.4) is 0 Å². The molecule has 0 bridgehead atoms. The van der Waals surface area contributed by atoms with Crippen molar-refractivity contribution < 1.29 is 5.11 Å². The molecular weight excluding hydrogens is 190 g/mol. The minimum Gasteiger partial charge on any atom is -0.383 e.